The third-order valence-corrected chi connectivity index (χ3v) is 5.45. The molecule has 28 heavy (non-hydrogen) atoms. The van der Waals surface area contributed by atoms with Crippen LogP contribution in [-0.4, -0.2) is 41.4 Å². The van der Waals surface area contributed by atoms with Crippen LogP contribution in [0.3, 0.4) is 0 Å². The molecule has 0 radical (unpaired) electrons. The van der Waals surface area contributed by atoms with Crippen LogP contribution < -0.4 is 0 Å². The maximum Gasteiger partial charge on any atom is 0.319 e. The van der Waals surface area contributed by atoms with Crippen LogP contribution in [0, 0.1) is 5.41 Å². The van der Waals surface area contributed by atoms with Gasteiger partial charge in [-0.2, -0.15) is 0 Å². The first-order valence-electron chi connectivity index (χ1n) is 9.54. The summed E-state index contributed by atoms with van der Waals surface area (Å²) in [7, 11) is 0. The maximum atomic E-state index is 13.4. The van der Waals surface area contributed by atoms with E-state index in [1.807, 2.05) is 30.3 Å². The van der Waals surface area contributed by atoms with Crippen LogP contribution in [0.4, 0.5) is 0 Å². The summed E-state index contributed by atoms with van der Waals surface area (Å²) in [4.78, 5) is 40.6. The molecule has 0 aliphatic carbocycles. The number of hydrogen-bond acceptors (Lipinski definition) is 5. The molecule has 0 aromatic heterocycles. The van der Waals surface area contributed by atoms with Gasteiger partial charge in [0, 0.05) is 0 Å². The molecule has 6 heteroatoms. The van der Waals surface area contributed by atoms with Gasteiger partial charge in [-0.05, 0) is 46.6 Å². The normalized spacial score (nSPS) is 17.1. The van der Waals surface area contributed by atoms with E-state index in [0.717, 1.165) is 5.56 Å². The van der Waals surface area contributed by atoms with Crippen molar-refractivity contribution in [2.45, 2.75) is 53.5 Å². The summed E-state index contributed by atoms with van der Waals surface area (Å²) >= 11 is 0. The monoisotopic (exact) mass is 387 g/mol. The average Bonchev–Trinajstić information content (AvgIpc) is 2.67. The molecule has 0 bridgehead atoms. The molecule has 1 aliphatic heterocycles. The molecule has 0 spiro atoms. The van der Waals surface area contributed by atoms with E-state index in [1.165, 1.54) is 4.90 Å². The van der Waals surface area contributed by atoms with Crippen LogP contribution in [0.15, 0.2) is 36.1 Å². The Morgan fingerprint density at radius 1 is 1.14 bits per heavy atom. The quantitative estimate of drug-likeness (QED) is 0.528. The number of ether oxygens (including phenoxy) is 2. The molecule has 152 valence electrons. The molecule has 0 saturated heterocycles. The number of nitrogens with zero attached hydrogens (tertiary/aromatic N) is 1. The van der Waals surface area contributed by atoms with Gasteiger partial charge < -0.3 is 9.47 Å². The van der Waals surface area contributed by atoms with Crippen molar-refractivity contribution in [3.63, 3.8) is 0 Å². The number of Topliss-reactive ketones (excluding diaryl/α,β-unsaturated/α-hetero) is 1. The lowest BCUT2D eigenvalue weighted by molar-refractivity contribution is -0.167. The van der Waals surface area contributed by atoms with Crippen molar-refractivity contribution in [2.75, 3.05) is 13.3 Å². The number of carbonyl (C=O) groups excluding carboxylic acids is 3. The van der Waals surface area contributed by atoms with Crippen molar-refractivity contribution in [2.24, 2.45) is 5.41 Å². The van der Waals surface area contributed by atoms with Crippen LogP contribution in [0.5, 0.6) is 0 Å². The number of allylic oxidation sites excluding steroid dienone is 1. The Morgan fingerprint density at radius 3 is 2.29 bits per heavy atom. The van der Waals surface area contributed by atoms with Crippen molar-refractivity contribution in [1.82, 2.24) is 4.90 Å². The largest absolute Gasteiger partial charge is 0.477 e. The zero-order valence-corrected chi connectivity index (χ0v) is 17.5. The van der Waals surface area contributed by atoms with Crippen molar-refractivity contribution in [3.05, 3.63) is 41.7 Å². The standard InChI is InChI=1S/C22H29NO5/c1-7-22(6,20(26)27-8-2)19(25)21(4,5)23-14-28-15(3)17(18(23)24)16-12-10-9-11-13-16/h9-13H,7-8,14H2,1-6H3. The molecule has 1 amide bonds. The second-order valence-electron chi connectivity index (χ2n) is 7.60. The molecule has 1 heterocycles. The summed E-state index contributed by atoms with van der Waals surface area (Å²) in [6, 6.07) is 9.20. The van der Waals surface area contributed by atoms with Gasteiger partial charge in [-0.25, -0.2) is 0 Å². The third-order valence-electron chi connectivity index (χ3n) is 5.45. The number of carbonyl (C=O) groups is 3. The molecule has 6 nitrogen and oxygen atoms in total. The van der Waals surface area contributed by atoms with Gasteiger partial charge in [-0.1, -0.05) is 37.3 Å². The average molecular weight is 387 g/mol. The molecular formula is C22H29NO5. The van der Waals surface area contributed by atoms with Crippen LogP contribution >= 0.6 is 0 Å². The minimum absolute atomic E-state index is 0.0532. The highest BCUT2D eigenvalue weighted by molar-refractivity contribution is 6.22. The van der Waals surface area contributed by atoms with Gasteiger partial charge in [0.2, 0.25) is 0 Å². The van der Waals surface area contributed by atoms with Crippen molar-refractivity contribution in [3.8, 4) is 0 Å². The van der Waals surface area contributed by atoms with E-state index >= 15 is 0 Å². The predicted molar refractivity (Wildman–Crippen MR) is 106 cm³/mol. The van der Waals surface area contributed by atoms with E-state index in [2.05, 4.69) is 0 Å². The highest BCUT2D eigenvalue weighted by atomic mass is 16.5. The molecule has 1 aliphatic rings. The fraction of sp³-hybridized carbons (Fsp3) is 0.500. The minimum atomic E-state index is -1.34. The van der Waals surface area contributed by atoms with E-state index in [9.17, 15) is 14.4 Å². The fourth-order valence-electron chi connectivity index (χ4n) is 3.41. The molecule has 0 fully saturated rings. The summed E-state index contributed by atoms with van der Waals surface area (Å²) in [5.74, 6) is -0.726. The number of esters is 1. The second-order valence-corrected chi connectivity index (χ2v) is 7.60. The summed E-state index contributed by atoms with van der Waals surface area (Å²) in [5.41, 5.74) is -1.46. The van der Waals surface area contributed by atoms with E-state index in [-0.39, 0.29) is 31.4 Å². The van der Waals surface area contributed by atoms with Crippen molar-refractivity contribution >= 4 is 23.2 Å². The Labute approximate surface area is 166 Å². The van der Waals surface area contributed by atoms with Gasteiger partial charge in [0.15, 0.2) is 12.5 Å². The van der Waals surface area contributed by atoms with Gasteiger partial charge >= 0.3 is 5.97 Å². The number of amides is 1. The van der Waals surface area contributed by atoms with Crippen LogP contribution in [-0.2, 0) is 23.9 Å². The van der Waals surface area contributed by atoms with Crippen molar-refractivity contribution in [1.29, 1.82) is 0 Å². The first kappa shape index (κ1) is 21.7. The highest BCUT2D eigenvalue weighted by Gasteiger charge is 2.52. The Bertz CT molecular complexity index is 796. The summed E-state index contributed by atoms with van der Waals surface area (Å²) in [6.07, 6.45) is 0.275. The number of benzene rings is 1. The second kappa shape index (κ2) is 8.17. The molecule has 1 unspecified atom stereocenters. The van der Waals surface area contributed by atoms with Gasteiger partial charge in [0.1, 0.15) is 16.7 Å². The lowest BCUT2D eigenvalue weighted by Gasteiger charge is -2.43. The Kier molecular flexibility index (Phi) is 6.32. The van der Waals surface area contributed by atoms with Crippen molar-refractivity contribution < 1.29 is 23.9 Å². The molecule has 1 aromatic carbocycles. The van der Waals surface area contributed by atoms with E-state index in [0.29, 0.717) is 11.3 Å². The lowest BCUT2D eigenvalue weighted by Crippen LogP contribution is -2.60. The van der Waals surface area contributed by atoms with E-state index in [4.69, 9.17) is 9.47 Å². The molecule has 1 atom stereocenters. The Hall–Kier alpha value is -2.63. The molecule has 1 aromatic rings. The van der Waals surface area contributed by atoms with Crippen LogP contribution in [0.2, 0.25) is 0 Å². The molecule has 2 rings (SSSR count). The van der Waals surface area contributed by atoms with E-state index in [1.54, 1.807) is 41.5 Å². The maximum absolute atomic E-state index is 13.4. The van der Waals surface area contributed by atoms with Crippen LogP contribution in [0.1, 0.15) is 53.5 Å². The van der Waals surface area contributed by atoms with E-state index < -0.39 is 16.9 Å². The highest BCUT2D eigenvalue weighted by Crippen LogP contribution is 2.36. The summed E-state index contributed by atoms with van der Waals surface area (Å²) < 4.78 is 10.9. The minimum Gasteiger partial charge on any atom is -0.477 e. The third kappa shape index (κ3) is 3.68. The van der Waals surface area contributed by atoms with Gasteiger partial charge in [-0.3, -0.25) is 19.3 Å². The first-order valence-corrected chi connectivity index (χ1v) is 9.54. The topological polar surface area (TPSA) is 72.9 Å². The molecular weight excluding hydrogens is 358 g/mol. The Balaban J connectivity index is 2.41. The first-order chi connectivity index (χ1) is 13.1. The lowest BCUT2D eigenvalue weighted by atomic mass is 9.74. The summed E-state index contributed by atoms with van der Waals surface area (Å²) in [6.45, 7) is 10.2. The van der Waals surface area contributed by atoms with Gasteiger partial charge in [0.05, 0.1) is 12.2 Å². The number of ketones is 1. The van der Waals surface area contributed by atoms with Crippen LogP contribution in [0.25, 0.3) is 5.57 Å². The number of rotatable bonds is 7. The zero-order chi connectivity index (χ0) is 21.1. The predicted octanol–water partition coefficient (Wildman–Crippen LogP) is 3.56. The van der Waals surface area contributed by atoms with Gasteiger partial charge in [-0.15, -0.1) is 0 Å². The Morgan fingerprint density at radius 2 is 1.75 bits per heavy atom. The molecule has 0 saturated carbocycles. The fourth-order valence-corrected chi connectivity index (χ4v) is 3.41. The number of hydrogen-bond donors (Lipinski definition) is 0. The zero-order valence-electron chi connectivity index (χ0n) is 17.5. The molecule has 0 N–H and O–H groups in total. The SMILES string of the molecule is CCOC(=O)C(C)(CC)C(=O)C(C)(C)N1COC(C)=C(c2ccccc2)C1=O. The summed E-state index contributed by atoms with van der Waals surface area (Å²) in [5, 5.41) is 0. The van der Waals surface area contributed by atoms with Gasteiger partial charge in [0.25, 0.3) is 5.91 Å². The smallest absolute Gasteiger partial charge is 0.319 e.